The maximum atomic E-state index is 8.86. The number of nitrogens with zero attached hydrogens (tertiary/aromatic N) is 1. The second-order valence-corrected chi connectivity index (χ2v) is 4.54. The van der Waals surface area contributed by atoms with E-state index in [1.165, 1.54) is 5.56 Å². The highest BCUT2D eigenvalue weighted by molar-refractivity contribution is 5.46. The van der Waals surface area contributed by atoms with Gasteiger partial charge in [0.1, 0.15) is 0 Å². The van der Waals surface area contributed by atoms with Crippen molar-refractivity contribution in [1.82, 2.24) is 0 Å². The summed E-state index contributed by atoms with van der Waals surface area (Å²) in [5.74, 6) is 6.23. The molecule has 2 aromatic rings. The number of rotatable bonds is 3. The summed E-state index contributed by atoms with van der Waals surface area (Å²) < 4.78 is 0. The predicted molar refractivity (Wildman–Crippen MR) is 81.0 cm³/mol. The van der Waals surface area contributed by atoms with Gasteiger partial charge in [-0.1, -0.05) is 30.0 Å². The fraction of sp³-hybridized carbons (Fsp3) is 0.167. The molecule has 2 rings (SSSR count). The summed E-state index contributed by atoms with van der Waals surface area (Å²) in [5.41, 5.74) is 9.26. The van der Waals surface area contributed by atoms with Crippen molar-refractivity contribution in [3.05, 3.63) is 70.8 Å². The van der Waals surface area contributed by atoms with Gasteiger partial charge in [0.25, 0.3) is 0 Å². The molecule has 2 aromatic carbocycles. The van der Waals surface area contributed by atoms with Crippen LogP contribution in [0.2, 0.25) is 0 Å². The van der Waals surface area contributed by atoms with Gasteiger partial charge < -0.3 is 5.73 Å². The molecule has 0 aliphatic carbocycles. The quantitative estimate of drug-likeness (QED) is 0.863. The zero-order valence-electron chi connectivity index (χ0n) is 11.3. The Morgan fingerprint density at radius 2 is 1.55 bits per heavy atom. The molecule has 0 heterocycles. The van der Waals surface area contributed by atoms with Crippen LogP contribution in [-0.4, -0.2) is 6.54 Å². The lowest BCUT2D eigenvalue weighted by molar-refractivity contribution is 0.832. The first kappa shape index (κ1) is 13.9. The smallest absolute Gasteiger partial charge is 0.0992 e. The standard InChI is InChI=1S/C18H16N2/c19-11-3-8-15-4-1-5-16(12-15)9-10-17-6-2-7-18(13-17)14-20/h1-2,4-7,12-13H,3,8,11,19H2. The van der Waals surface area contributed by atoms with Crippen molar-refractivity contribution in [2.75, 3.05) is 6.54 Å². The van der Waals surface area contributed by atoms with Gasteiger partial charge >= 0.3 is 0 Å². The molecule has 0 aliphatic heterocycles. The van der Waals surface area contributed by atoms with E-state index in [-0.39, 0.29) is 0 Å². The molecule has 98 valence electrons. The Morgan fingerprint density at radius 3 is 2.25 bits per heavy atom. The van der Waals surface area contributed by atoms with E-state index < -0.39 is 0 Å². The van der Waals surface area contributed by atoms with Crippen LogP contribution in [0.25, 0.3) is 0 Å². The van der Waals surface area contributed by atoms with Gasteiger partial charge in [-0.05, 0) is 55.3 Å². The minimum absolute atomic E-state index is 0.633. The maximum Gasteiger partial charge on any atom is 0.0992 e. The van der Waals surface area contributed by atoms with Gasteiger partial charge in [-0.3, -0.25) is 0 Å². The van der Waals surface area contributed by atoms with E-state index in [4.69, 9.17) is 11.0 Å². The van der Waals surface area contributed by atoms with Crippen LogP contribution < -0.4 is 5.73 Å². The van der Waals surface area contributed by atoms with Gasteiger partial charge in [-0.15, -0.1) is 0 Å². The van der Waals surface area contributed by atoms with Gasteiger partial charge in [-0.25, -0.2) is 0 Å². The van der Waals surface area contributed by atoms with E-state index in [0.29, 0.717) is 12.1 Å². The van der Waals surface area contributed by atoms with Gasteiger partial charge in [0.05, 0.1) is 11.6 Å². The molecule has 2 nitrogen and oxygen atoms in total. The largest absolute Gasteiger partial charge is 0.330 e. The van der Waals surface area contributed by atoms with Crippen LogP contribution in [0.15, 0.2) is 48.5 Å². The highest BCUT2D eigenvalue weighted by atomic mass is 14.5. The molecule has 0 aliphatic rings. The van der Waals surface area contributed by atoms with Crippen molar-refractivity contribution < 1.29 is 0 Å². The Hall–Kier alpha value is -2.55. The SMILES string of the molecule is N#Cc1cccc(C#Cc2cccc(CCCN)c2)c1. The molecule has 2 N–H and O–H groups in total. The normalized spacial score (nSPS) is 9.40. The van der Waals surface area contributed by atoms with Crippen LogP contribution in [0.3, 0.4) is 0 Å². The van der Waals surface area contributed by atoms with Crippen LogP contribution in [-0.2, 0) is 6.42 Å². The average Bonchev–Trinajstić information content (AvgIpc) is 2.51. The van der Waals surface area contributed by atoms with Gasteiger partial charge in [-0.2, -0.15) is 5.26 Å². The third kappa shape index (κ3) is 3.99. The van der Waals surface area contributed by atoms with Gasteiger partial charge in [0.15, 0.2) is 0 Å². The van der Waals surface area contributed by atoms with Crippen LogP contribution in [0.5, 0.6) is 0 Å². The molecule has 0 fully saturated rings. The first-order chi connectivity index (χ1) is 9.81. The Morgan fingerprint density at radius 1 is 0.900 bits per heavy atom. The van der Waals surface area contributed by atoms with Crippen molar-refractivity contribution in [1.29, 1.82) is 5.26 Å². The average molecular weight is 260 g/mol. The first-order valence-corrected chi connectivity index (χ1v) is 6.63. The predicted octanol–water partition coefficient (Wildman–Crippen LogP) is 2.85. The van der Waals surface area contributed by atoms with Crippen molar-refractivity contribution >= 4 is 0 Å². The zero-order valence-corrected chi connectivity index (χ0v) is 11.3. The van der Waals surface area contributed by atoms with E-state index >= 15 is 0 Å². The van der Waals surface area contributed by atoms with Crippen LogP contribution in [0.1, 0.15) is 28.7 Å². The molecular weight excluding hydrogens is 244 g/mol. The molecule has 0 spiro atoms. The Kier molecular flexibility index (Phi) is 4.95. The van der Waals surface area contributed by atoms with Crippen molar-refractivity contribution in [3.8, 4) is 17.9 Å². The number of nitriles is 1. The molecule has 0 atom stereocenters. The molecule has 0 radical (unpaired) electrons. The molecule has 0 unspecified atom stereocenters. The third-order valence-electron chi connectivity index (χ3n) is 2.94. The summed E-state index contributed by atoms with van der Waals surface area (Å²) in [4.78, 5) is 0. The number of nitrogens with two attached hydrogens (primary N) is 1. The fourth-order valence-electron chi connectivity index (χ4n) is 1.92. The van der Waals surface area contributed by atoms with Crippen LogP contribution in [0, 0.1) is 23.2 Å². The second kappa shape index (κ2) is 7.14. The Bertz CT molecular complexity index is 684. The molecule has 0 saturated carbocycles. The summed E-state index contributed by atoms with van der Waals surface area (Å²) >= 11 is 0. The first-order valence-electron chi connectivity index (χ1n) is 6.63. The summed E-state index contributed by atoms with van der Waals surface area (Å²) in [6.07, 6.45) is 1.97. The second-order valence-electron chi connectivity index (χ2n) is 4.54. The number of hydrogen-bond donors (Lipinski definition) is 1. The van der Waals surface area contributed by atoms with E-state index in [1.54, 1.807) is 12.1 Å². The third-order valence-corrected chi connectivity index (χ3v) is 2.94. The summed E-state index contributed by atoms with van der Waals surface area (Å²) in [6.45, 7) is 0.705. The molecular formula is C18H16N2. The van der Waals surface area contributed by atoms with Crippen LogP contribution >= 0.6 is 0 Å². The number of benzene rings is 2. The van der Waals surface area contributed by atoms with Crippen LogP contribution in [0.4, 0.5) is 0 Å². The molecule has 0 bridgehead atoms. The fourth-order valence-corrected chi connectivity index (χ4v) is 1.92. The monoisotopic (exact) mass is 260 g/mol. The zero-order chi connectivity index (χ0) is 14.2. The maximum absolute atomic E-state index is 8.86. The van der Waals surface area contributed by atoms with Gasteiger partial charge in [0.2, 0.25) is 0 Å². The van der Waals surface area contributed by atoms with E-state index in [0.717, 1.165) is 24.0 Å². The van der Waals surface area contributed by atoms with E-state index in [1.807, 2.05) is 24.3 Å². The van der Waals surface area contributed by atoms with Gasteiger partial charge in [0, 0.05) is 11.1 Å². The lowest BCUT2D eigenvalue weighted by Gasteiger charge is -2.00. The molecule has 0 amide bonds. The van der Waals surface area contributed by atoms with Crippen molar-refractivity contribution in [2.45, 2.75) is 12.8 Å². The Balaban J connectivity index is 2.17. The number of hydrogen-bond acceptors (Lipinski definition) is 2. The lowest BCUT2D eigenvalue weighted by atomic mass is 10.1. The summed E-state index contributed by atoms with van der Waals surface area (Å²) in [5, 5.41) is 8.86. The van der Waals surface area contributed by atoms with Crippen molar-refractivity contribution in [3.63, 3.8) is 0 Å². The highest BCUT2D eigenvalue weighted by Crippen LogP contribution is 2.07. The van der Waals surface area contributed by atoms with E-state index in [9.17, 15) is 0 Å². The topological polar surface area (TPSA) is 49.8 Å². The molecule has 2 heteroatoms. The summed E-state index contributed by atoms with van der Waals surface area (Å²) in [6, 6.07) is 17.6. The Labute approximate surface area is 119 Å². The lowest BCUT2D eigenvalue weighted by Crippen LogP contribution is -2.00. The van der Waals surface area contributed by atoms with Crippen molar-refractivity contribution in [2.24, 2.45) is 5.73 Å². The number of aryl methyl sites for hydroxylation is 1. The highest BCUT2D eigenvalue weighted by Gasteiger charge is 1.94. The molecule has 0 aromatic heterocycles. The molecule has 20 heavy (non-hydrogen) atoms. The van der Waals surface area contributed by atoms with E-state index in [2.05, 4.69) is 30.0 Å². The molecule has 0 saturated heterocycles. The summed E-state index contributed by atoms with van der Waals surface area (Å²) in [7, 11) is 0. The minimum atomic E-state index is 0.633. The minimum Gasteiger partial charge on any atom is -0.330 e.